The Morgan fingerprint density at radius 3 is 2.40 bits per heavy atom. The fraction of sp³-hybridized carbons (Fsp3) is 0.781. The molecule has 7 rings (SSSR count). The summed E-state index contributed by atoms with van der Waals surface area (Å²) in [6.07, 6.45) is 7.17. The number of carbonyl (C=O) groups is 2. The topological polar surface area (TPSA) is 130 Å². The van der Waals surface area contributed by atoms with Crippen LogP contribution in [0.1, 0.15) is 98.2 Å². The third-order valence-corrected chi connectivity index (χ3v) is 13.4. The van der Waals surface area contributed by atoms with E-state index < -0.39 is 34.4 Å². The number of nitrogens with zero attached hydrogens (tertiary/aromatic N) is 3. The Morgan fingerprint density at radius 1 is 1.05 bits per heavy atom. The number of fused-ring (bicyclic) bond motifs is 9. The molecule has 10 atom stereocenters. The van der Waals surface area contributed by atoms with Crippen molar-refractivity contribution in [3.8, 4) is 6.07 Å². The minimum Gasteiger partial charge on any atom is -0.382 e. The number of ketones is 2. The predicted molar refractivity (Wildman–Crippen MR) is 144 cm³/mol. The van der Waals surface area contributed by atoms with Gasteiger partial charge in [0.25, 0.3) is 0 Å². The zero-order valence-corrected chi connectivity index (χ0v) is 24.8. The molecule has 8 nitrogen and oxygen atoms in total. The summed E-state index contributed by atoms with van der Waals surface area (Å²) in [6, 6.07) is 2.11. The molecule has 1 aromatic rings. The zero-order valence-electron chi connectivity index (χ0n) is 24.8. The van der Waals surface area contributed by atoms with Gasteiger partial charge in [-0.05, 0) is 87.0 Å². The molecule has 4 saturated carbocycles. The Bertz CT molecular complexity index is 1440. The molecule has 2 heterocycles. The number of aliphatic hydroxyl groups is 1. The highest BCUT2D eigenvalue weighted by atomic mass is 16.6. The maximum absolute atomic E-state index is 14.6. The van der Waals surface area contributed by atoms with Crippen LogP contribution in [0.4, 0.5) is 0 Å². The van der Waals surface area contributed by atoms with Crippen molar-refractivity contribution in [1.82, 2.24) is 10.1 Å². The van der Waals surface area contributed by atoms with Gasteiger partial charge < -0.3 is 14.4 Å². The van der Waals surface area contributed by atoms with E-state index in [1.807, 2.05) is 19.9 Å². The average Bonchev–Trinajstić information content (AvgIpc) is 3.50. The maximum atomic E-state index is 14.6. The van der Waals surface area contributed by atoms with E-state index >= 15 is 0 Å². The van der Waals surface area contributed by atoms with Gasteiger partial charge in [0.05, 0.1) is 5.41 Å². The van der Waals surface area contributed by atoms with Gasteiger partial charge in [0.2, 0.25) is 17.3 Å². The molecule has 1 aliphatic heterocycles. The minimum absolute atomic E-state index is 0.0638. The number of hydrogen-bond donors (Lipinski definition) is 1. The van der Waals surface area contributed by atoms with E-state index in [9.17, 15) is 20.0 Å². The first-order chi connectivity index (χ1) is 18.5. The largest absolute Gasteiger partial charge is 0.382 e. The minimum atomic E-state index is -1.70. The Balaban J connectivity index is 1.40. The molecule has 214 valence electrons. The molecule has 5 aliphatic carbocycles. The molecular formula is C32H41N3O5. The van der Waals surface area contributed by atoms with Crippen LogP contribution in [0.2, 0.25) is 0 Å². The van der Waals surface area contributed by atoms with Crippen molar-refractivity contribution in [1.29, 1.82) is 5.26 Å². The molecule has 0 bridgehead atoms. The summed E-state index contributed by atoms with van der Waals surface area (Å²) >= 11 is 0. The van der Waals surface area contributed by atoms with Gasteiger partial charge in [-0.25, -0.2) is 0 Å². The standard InChI is InChI=1S/C32H41N3O5/c1-17-34-25(40-35-17)31-12-10-26(2,3)15-18(31)22-19(36)14-21-27(4,28(22,5)11-13-31)9-8-20-29(21,6)24-32(16-33,39-24)23(37)30(20,7)38/h14,18,20,22,24,38H,8-13,15H2,1-7H3/t18?,20-,22?,24-,27-,28-,29+,30+,31+,32+/m1/s1. The molecule has 0 amide bonds. The lowest BCUT2D eigenvalue weighted by atomic mass is 9.34. The van der Waals surface area contributed by atoms with Crippen molar-refractivity contribution >= 4 is 11.6 Å². The van der Waals surface area contributed by atoms with Crippen LogP contribution in [0, 0.1) is 57.7 Å². The predicted octanol–water partition coefficient (Wildman–Crippen LogP) is 4.79. The van der Waals surface area contributed by atoms with Gasteiger partial charge >= 0.3 is 0 Å². The average molecular weight is 548 g/mol. The van der Waals surface area contributed by atoms with Crippen LogP contribution >= 0.6 is 0 Å². The Morgan fingerprint density at radius 2 is 1.75 bits per heavy atom. The quantitative estimate of drug-likeness (QED) is 0.497. The Labute approximate surface area is 235 Å². The summed E-state index contributed by atoms with van der Waals surface area (Å²) in [7, 11) is 0. The fourth-order valence-electron chi connectivity index (χ4n) is 11.0. The molecule has 6 aliphatic rings. The smallest absolute Gasteiger partial charge is 0.243 e. The summed E-state index contributed by atoms with van der Waals surface area (Å²) in [5.74, 6) is 0.310. The zero-order chi connectivity index (χ0) is 28.9. The molecular weight excluding hydrogens is 506 g/mol. The monoisotopic (exact) mass is 547 g/mol. The van der Waals surface area contributed by atoms with E-state index in [0.717, 1.165) is 44.1 Å². The van der Waals surface area contributed by atoms with Crippen LogP contribution in [0.15, 0.2) is 16.2 Å². The first kappa shape index (κ1) is 26.5. The van der Waals surface area contributed by atoms with Crippen molar-refractivity contribution in [2.75, 3.05) is 0 Å². The number of allylic oxidation sites excluding steroid dienone is 1. The molecule has 2 unspecified atom stereocenters. The lowest BCUT2D eigenvalue weighted by Gasteiger charge is -2.68. The Hall–Kier alpha value is -2.37. The van der Waals surface area contributed by atoms with Crippen molar-refractivity contribution in [2.45, 2.75) is 116 Å². The fourth-order valence-corrected chi connectivity index (χ4v) is 11.0. The normalized spacial score (nSPS) is 52.2. The number of hydrogen-bond acceptors (Lipinski definition) is 8. The lowest BCUT2D eigenvalue weighted by Crippen LogP contribution is -2.69. The van der Waals surface area contributed by atoms with Crippen LogP contribution in [-0.2, 0) is 19.7 Å². The highest BCUT2D eigenvalue weighted by molar-refractivity contribution is 6.02. The van der Waals surface area contributed by atoms with Crippen LogP contribution < -0.4 is 0 Å². The number of nitriles is 1. The van der Waals surface area contributed by atoms with E-state index in [1.54, 1.807) is 6.92 Å². The van der Waals surface area contributed by atoms with Crippen molar-refractivity contribution in [2.24, 2.45) is 39.4 Å². The van der Waals surface area contributed by atoms with Crippen LogP contribution in [0.5, 0.6) is 0 Å². The van der Waals surface area contributed by atoms with Gasteiger partial charge in [0.15, 0.2) is 11.6 Å². The SMILES string of the molecule is Cc1noc([C@]23CCC(C)(C)CC2C2C(=O)C=C4[C@@]5(C)[C@H]6O[C@@]6(C#N)C(=O)[C@@](C)(O)[C@@H]5CC[C@@]4(C)[C@]2(C)CC3)n1. The number of Topliss-reactive ketones (excluding diaryl/α,β-unsaturated/α-hetero) is 1. The second-order valence-electron chi connectivity index (χ2n) is 15.7. The van der Waals surface area contributed by atoms with Gasteiger partial charge in [0, 0.05) is 17.3 Å². The van der Waals surface area contributed by atoms with Gasteiger partial charge in [-0.1, -0.05) is 45.3 Å². The number of aryl methyl sites for hydroxylation is 1. The third-order valence-electron chi connectivity index (χ3n) is 13.4. The highest BCUT2D eigenvalue weighted by Gasteiger charge is 2.83. The molecule has 0 aromatic carbocycles. The number of rotatable bonds is 1. The number of epoxide rings is 1. The second kappa shape index (κ2) is 7.33. The second-order valence-corrected chi connectivity index (χ2v) is 15.7. The molecule has 1 aromatic heterocycles. The molecule has 1 saturated heterocycles. The molecule has 0 radical (unpaired) electrons. The summed E-state index contributed by atoms with van der Waals surface area (Å²) in [4.78, 5) is 32.7. The van der Waals surface area contributed by atoms with Gasteiger partial charge in [-0.15, -0.1) is 0 Å². The van der Waals surface area contributed by atoms with Crippen molar-refractivity contribution in [3.63, 3.8) is 0 Å². The van der Waals surface area contributed by atoms with Gasteiger partial charge in [-0.3, -0.25) is 9.59 Å². The molecule has 1 N–H and O–H groups in total. The van der Waals surface area contributed by atoms with Gasteiger partial charge in [-0.2, -0.15) is 10.2 Å². The van der Waals surface area contributed by atoms with Crippen LogP contribution in [0.25, 0.3) is 0 Å². The van der Waals surface area contributed by atoms with E-state index in [0.29, 0.717) is 18.1 Å². The first-order valence-corrected chi connectivity index (χ1v) is 15.0. The van der Waals surface area contributed by atoms with E-state index in [4.69, 9.17) is 14.2 Å². The number of aromatic nitrogens is 2. The van der Waals surface area contributed by atoms with E-state index in [2.05, 4.69) is 38.9 Å². The molecule has 40 heavy (non-hydrogen) atoms. The van der Waals surface area contributed by atoms with Crippen LogP contribution in [0.3, 0.4) is 0 Å². The summed E-state index contributed by atoms with van der Waals surface area (Å²) in [5.41, 5.74) is -4.12. The van der Waals surface area contributed by atoms with Crippen molar-refractivity contribution in [3.05, 3.63) is 23.4 Å². The molecule has 0 spiro atoms. The van der Waals surface area contributed by atoms with Gasteiger partial charge in [0.1, 0.15) is 17.8 Å². The van der Waals surface area contributed by atoms with E-state index in [1.165, 1.54) is 0 Å². The molecule has 8 heteroatoms. The number of ether oxygens (including phenoxy) is 1. The van der Waals surface area contributed by atoms with Crippen molar-refractivity contribution < 1.29 is 24.0 Å². The summed E-state index contributed by atoms with van der Waals surface area (Å²) in [6.45, 7) is 14.6. The Kier molecular flexibility index (Phi) is 4.86. The van der Waals surface area contributed by atoms with Crippen LogP contribution in [-0.4, -0.2) is 44.1 Å². The lowest BCUT2D eigenvalue weighted by molar-refractivity contribution is -0.175. The highest BCUT2D eigenvalue weighted by Crippen LogP contribution is 2.76. The first-order valence-electron chi connectivity index (χ1n) is 15.0. The third kappa shape index (κ3) is 2.75. The number of carbonyl (C=O) groups excluding carboxylic acids is 2. The maximum Gasteiger partial charge on any atom is 0.243 e. The van der Waals surface area contributed by atoms with E-state index in [-0.39, 0.29) is 39.3 Å². The summed E-state index contributed by atoms with van der Waals surface area (Å²) < 4.78 is 11.9. The summed E-state index contributed by atoms with van der Waals surface area (Å²) in [5, 5.41) is 25.8. The molecule has 5 fully saturated rings.